The SMILES string of the molecule is COc1cc(C(=O)NCCN2CCNCC2)cc(Cl)c1OCC(C)C.Cl. The number of carbonyl (C=O) groups excluding carboxylic acids is 1. The maximum atomic E-state index is 12.4. The molecule has 0 aliphatic carbocycles. The molecule has 0 radical (unpaired) electrons. The highest BCUT2D eigenvalue weighted by Gasteiger charge is 2.17. The van der Waals surface area contributed by atoms with Crippen LogP contribution in [0.3, 0.4) is 0 Å². The van der Waals surface area contributed by atoms with Gasteiger partial charge in [-0.1, -0.05) is 25.4 Å². The van der Waals surface area contributed by atoms with Gasteiger partial charge >= 0.3 is 0 Å². The zero-order valence-electron chi connectivity index (χ0n) is 15.6. The van der Waals surface area contributed by atoms with Crippen LogP contribution in [0.2, 0.25) is 5.02 Å². The Morgan fingerprint density at radius 3 is 2.65 bits per heavy atom. The second-order valence-corrected chi connectivity index (χ2v) is 6.95. The van der Waals surface area contributed by atoms with E-state index in [1.165, 1.54) is 0 Å². The van der Waals surface area contributed by atoms with Gasteiger partial charge in [-0.2, -0.15) is 0 Å². The molecule has 0 aromatic heterocycles. The van der Waals surface area contributed by atoms with E-state index in [4.69, 9.17) is 21.1 Å². The number of methoxy groups -OCH3 is 1. The number of ether oxygens (including phenoxy) is 2. The molecule has 1 fully saturated rings. The molecule has 8 heteroatoms. The summed E-state index contributed by atoms with van der Waals surface area (Å²) in [7, 11) is 1.54. The smallest absolute Gasteiger partial charge is 0.251 e. The van der Waals surface area contributed by atoms with Crippen LogP contribution in [0.5, 0.6) is 11.5 Å². The fraction of sp³-hybridized carbons (Fsp3) is 0.611. The lowest BCUT2D eigenvalue weighted by molar-refractivity contribution is 0.0947. The lowest BCUT2D eigenvalue weighted by Crippen LogP contribution is -2.46. The first-order valence-corrected chi connectivity index (χ1v) is 9.10. The monoisotopic (exact) mass is 405 g/mol. The Hall–Kier alpha value is -1.21. The van der Waals surface area contributed by atoms with E-state index >= 15 is 0 Å². The standard InChI is InChI=1S/C18H28ClN3O3.ClH/c1-13(2)12-25-17-15(19)10-14(11-16(17)24-3)18(23)21-6-9-22-7-4-20-5-8-22;/h10-11,13,20H,4-9,12H2,1-3H3,(H,21,23);1H. The van der Waals surface area contributed by atoms with E-state index < -0.39 is 0 Å². The fourth-order valence-electron chi connectivity index (χ4n) is 2.61. The Balaban J connectivity index is 0.00000338. The summed E-state index contributed by atoms with van der Waals surface area (Å²) < 4.78 is 11.1. The fourth-order valence-corrected chi connectivity index (χ4v) is 2.87. The van der Waals surface area contributed by atoms with Crippen molar-refractivity contribution in [3.63, 3.8) is 0 Å². The van der Waals surface area contributed by atoms with Gasteiger partial charge in [-0.3, -0.25) is 9.69 Å². The quantitative estimate of drug-likeness (QED) is 0.695. The van der Waals surface area contributed by atoms with Gasteiger partial charge in [-0.15, -0.1) is 12.4 Å². The minimum absolute atomic E-state index is 0. The highest BCUT2D eigenvalue weighted by Crippen LogP contribution is 2.36. The van der Waals surface area contributed by atoms with Gasteiger partial charge in [0.15, 0.2) is 11.5 Å². The van der Waals surface area contributed by atoms with E-state index in [-0.39, 0.29) is 18.3 Å². The molecule has 0 unspecified atom stereocenters. The molecular formula is C18H29Cl2N3O3. The van der Waals surface area contributed by atoms with Gasteiger partial charge in [0.2, 0.25) is 0 Å². The van der Waals surface area contributed by atoms with Gasteiger partial charge in [0.1, 0.15) is 0 Å². The largest absolute Gasteiger partial charge is 0.493 e. The molecule has 1 aromatic rings. The van der Waals surface area contributed by atoms with Crippen molar-refractivity contribution >= 4 is 29.9 Å². The highest BCUT2D eigenvalue weighted by molar-refractivity contribution is 6.32. The Morgan fingerprint density at radius 2 is 2.04 bits per heavy atom. The maximum Gasteiger partial charge on any atom is 0.251 e. The van der Waals surface area contributed by atoms with Gasteiger partial charge in [0, 0.05) is 44.8 Å². The summed E-state index contributed by atoms with van der Waals surface area (Å²) in [5.74, 6) is 1.16. The van der Waals surface area contributed by atoms with E-state index in [1.807, 2.05) is 0 Å². The van der Waals surface area contributed by atoms with Gasteiger partial charge in [-0.05, 0) is 18.1 Å². The first-order valence-electron chi connectivity index (χ1n) is 8.73. The number of nitrogens with one attached hydrogen (secondary N) is 2. The number of hydrogen-bond donors (Lipinski definition) is 2. The molecule has 26 heavy (non-hydrogen) atoms. The molecule has 0 saturated carbocycles. The Labute approximate surface area is 167 Å². The van der Waals surface area contributed by atoms with Crippen molar-refractivity contribution in [2.75, 3.05) is 53.0 Å². The van der Waals surface area contributed by atoms with Crippen LogP contribution in [0.25, 0.3) is 0 Å². The molecule has 2 N–H and O–H groups in total. The number of carbonyl (C=O) groups is 1. The molecule has 148 valence electrons. The van der Waals surface area contributed by atoms with Crippen LogP contribution in [0.4, 0.5) is 0 Å². The zero-order chi connectivity index (χ0) is 18.2. The first kappa shape index (κ1) is 22.8. The molecule has 1 aliphatic heterocycles. The molecule has 0 atom stereocenters. The van der Waals surface area contributed by atoms with Crippen LogP contribution >= 0.6 is 24.0 Å². The summed E-state index contributed by atoms with van der Waals surface area (Å²) in [6.45, 7) is 10.1. The Morgan fingerprint density at radius 1 is 1.35 bits per heavy atom. The molecular weight excluding hydrogens is 377 g/mol. The summed E-state index contributed by atoms with van der Waals surface area (Å²) in [6, 6.07) is 3.29. The average Bonchev–Trinajstić information content (AvgIpc) is 2.60. The van der Waals surface area contributed by atoms with Crippen molar-refractivity contribution in [2.45, 2.75) is 13.8 Å². The number of nitrogens with zero attached hydrogens (tertiary/aromatic N) is 1. The molecule has 1 aromatic carbocycles. The minimum atomic E-state index is -0.161. The van der Waals surface area contributed by atoms with Crippen LogP contribution < -0.4 is 20.1 Å². The van der Waals surface area contributed by atoms with Crippen LogP contribution in [0.1, 0.15) is 24.2 Å². The van der Waals surface area contributed by atoms with Crippen LogP contribution in [-0.4, -0.2) is 63.8 Å². The average molecular weight is 406 g/mol. The van der Waals surface area contributed by atoms with E-state index in [0.717, 1.165) is 32.7 Å². The molecule has 1 aliphatic rings. The summed E-state index contributed by atoms with van der Waals surface area (Å²) in [6.07, 6.45) is 0. The molecule has 0 bridgehead atoms. The maximum absolute atomic E-state index is 12.4. The van der Waals surface area contributed by atoms with Gasteiger partial charge in [0.05, 0.1) is 18.7 Å². The number of amides is 1. The zero-order valence-corrected chi connectivity index (χ0v) is 17.2. The molecule has 1 saturated heterocycles. The van der Waals surface area contributed by atoms with Crippen molar-refractivity contribution in [3.05, 3.63) is 22.7 Å². The van der Waals surface area contributed by atoms with Crippen molar-refractivity contribution < 1.29 is 14.3 Å². The van der Waals surface area contributed by atoms with Gasteiger partial charge < -0.3 is 20.1 Å². The molecule has 2 rings (SSSR count). The van der Waals surface area contributed by atoms with Crippen molar-refractivity contribution in [1.82, 2.24) is 15.5 Å². The number of benzene rings is 1. The summed E-state index contributed by atoms with van der Waals surface area (Å²) in [4.78, 5) is 14.7. The summed E-state index contributed by atoms with van der Waals surface area (Å²) in [5, 5.41) is 6.63. The third kappa shape index (κ3) is 6.83. The molecule has 1 amide bonds. The molecule has 6 nitrogen and oxygen atoms in total. The Bertz CT molecular complexity index is 579. The predicted octanol–water partition coefficient (Wildman–Crippen LogP) is 2.44. The van der Waals surface area contributed by atoms with Crippen molar-refractivity contribution in [2.24, 2.45) is 5.92 Å². The van der Waals surface area contributed by atoms with E-state index in [0.29, 0.717) is 41.2 Å². The van der Waals surface area contributed by atoms with E-state index in [1.54, 1.807) is 19.2 Å². The minimum Gasteiger partial charge on any atom is -0.493 e. The predicted molar refractivity (Wildman–Crippen MR) is 107 cm³/mol. The second-order valence-electron chi connectivity index (χ2n) is 6.54. The summed E-state index contributed by atoms with van der Waals surface area (Å²) >= 11 is 6.30. The summed E-state index contributed by atoms with van der Waals surface area (Å²) in [5.41, 5.74) is 0.471. The number of hydrogen-bond acceptors (Lipinski definition) is 5. The second kappa shape index (κ2) is 11.5. The number of halogens is 2. The molecule has 0 spiro atoms. The highest BCUT2D eigenvalue weighted by atomic mass is 35.5. The third-order valence-electron chi connectivity index (χ3n) is 3.98. The van der Waals surface area contributed by atoms with Gasteiger partial charge in [0.25, 0.3) is 5.91 Å². The lowest BCUT2D eigenvalue weighted by atomic mass is 10.1. The molecule has 1 heterocycles. The first-order chi connectivity index (χ1) is 12.0. The van der Waals surface area contributed by atoms with Crippen LogP contribution in [-0.2, 0) is 0 Å². The van der Waals surface area contributed by atoms with Crippen molar-refractivity contribution in [3.8, 4) is 11.5 Å². The number of rotatable bonds is 8. The topological polar surface area (TPSA) is 62.8 Å². The lowest BCUT2D eigenvalue weighted by Gasteiger charge is -2.27. The Kier molecular flexibility index (Phi) is 10.1. The van der Waals surface area contributed by atoms with Gasteiger partial charge in [-0.25, -0.2) is 0 Å². The third-order valence-corrected chi connectivity index (χ3v) is 4.26. The van der Waals surface area contributed by atoms with E-state index in [9.17, 15) is 4.79 Å². The van der Waals surface area contributed by atoms with Crippen LogP contribution in [0.15, 0.2) is 12.1 Å². The van der Waals surface area contributed by atoms with Crippen LogP contribution in [0, 0.1) is 5.92 Å². The normalized spacial score (nSPS) is 14.7. The number of piperazine rings is 1. The van der Waals surface area contributed by atoms with Crippen molar-refractivity contribution in [1.29, 1.82) is 0 Å². The van der Waals surface area contributed by atoms with E-state index in [2.05, 4.69) is 29.4 Å².